The van der Waals surface area contributed by atoms with Crippen molar-refractivity contribution in [2.24, 2.45) is 5.92 Å². The third-order valence-corrected chi connectivity index (χ3v) is 8.62. The van der Waals surface area contributed by atoms with Crippen LogP contribution in [0.15, 0.2) is 103 Å². The lowest BCUT2D eigenvalue weighted by atomic mass is 9.62. The first-order valence-corrected chi connectivity index (χ1v) is 13.4. The molecule has 3 heterocycles. The van der Waals surface area contributed by atoms with Crippen LogP contribution in [0.2, 0.25) is 0 Å². The first-order chi connectivity index (χ1) is 20.0. The summed E-state index contributed by atoms with van der Waals surface area (Å²) in [6, 6.07) is 26.1. The number of fused-ring (bicyclic) bond motifs is 6. The van der Waals surface area contributed by atoms with Gasteiger partial charge < -0.3 is 15.0 Å². The number of amides is 1. The molecule has 0 aliphatic carbocycles. The van der Waals surface area contributed by atoms with Crippen LogP contribution in [0.1, 0.15) is 43.4 Å². The van der Waals surface area contributed by atoms with E-state index in [0.717, 1.165) is 17.2 Å². The lowest BCUT2D eigenvalue weighted by Gasteiger charge is -2.38. The molecular weight excluding hydrogens is 519 g/mol. The average molecular weight is 545 g/mol. The Morgan fingerprint density at radius 2 is 1.61 bits per heavy atom. The van der Waals surface area contributed by atoms with Crippen molar-refractivity contribution in [3.8, 4) is 5.75 Å². The molecule has 4 aromatic rings. The summed E-state index contributed by atoms with van der Waals surface area (Å²) >= 11 is 0. The molecule has 3 aliphatic heterocycles. The molecule has 0 bridgehead atoms. The Kier molecular flexibility index (Phi) is 5.64. The second-order valence-electron chi connectivity index (χ2n) is 10.5. The predicted octanol–water partition coefficient (Wildman–Crippen LogP) is 5.82. The Morgan fingerprint density at radius 1 is 0.878 bits per heavy atom. The number of rotatable bonds is 5. The molecule has 0 aromatic heterocycles. The van der Waals surface area contributed by atoms with E-state index >= 15 is 0 Å². The van der Waals surface area contributed by atoms with Crippen LogP contribution in [0.4, 0.5) is 10.1 Å². The van der Waals surface area contributed by atoms with Crippen molar-refractivity contribution in [2.75, 3.05) is 12.4 Å². The van der Waals surface area contributed by atoms with Gasteiger partial charge in [-0.2, -0.15) is 0 Å². The van der Waals surface area contributed by atoms with Gasteiger partial charge in [-0.25, -0.2) is 4.39 Å². The number of hydrogen-bond donors (Lipinski definition) is 1. The predicted molar refractivity (Wildman–Crippen MR) is 152 cm³/mol. The first-order valence-electron chi connectivity index (χ1n) is 13.4. The first kappa shape index (κ1) is 25.0. The molecule has 1 spiro atoms. The summed E-state index contributed by atoms with van der Waals surface area (Å²) in [5, 5.41) is 3.01. The molecule has 202 valence electrons. The zero-order valence-electron chi connectivity index (χ0n) is 22.1. The molecule has 0 saturated carbocycles. The molecule has 1 N–H and O–H groups in total. The number of methoxy groups -OCH3 is 1. The van der Waals surface area contributed by atoms with E-state index in [1.807, 2.05) is 65.7 Å². The van der Waals surface area contributed by atoms with E-state index in [1.54, 1.807) is 30.3 Å². The maximum Gasteiger partial charge on any atom is 0.238 e. The Balaban J connectivity index is 1.53. The van der Waals surface area contributed by atoms with Gasteiger partial charge in [-0.1, -0.05) is 72.8 Å². The summed E-state index contributed by atoms with van der Waals surface area (Å²) in [7, 11) is 1.35. The van der Waals surface area contributed by atoms with Gasteiger partial charge in [0.1, 0.15) is 11.5 Å². The highest BCUT2D eigenvalue weighted by Gasteiger charge is 2.70. The Labute approximate surface area is 236 Å². The minimum atomic E-state index is -1.47. The highest BCUT2D eigenvalue weighted by molar-refractivity contribution is 6.16. The van der Waals surface area contributed by atoms with Gasteiger partial charge in [-0.3, -0.25) is 14.4 Å². The van der Waals surface area contributed by atoms with E-state index < -0.39 is 35.0 Å². The quantitative estimate of drug-likeness (QED) is 0.321. The highest BCUT2D eigenvalue weighted by atomic mass is 19.1. The molecule has 4 atom stereocenters. The Hall–Kier alpha value is -5.04. The van der Waals surface area contributed by atoms with Crippen LogP contribution in [0, 0.1) is 11.7 Å². The number of benzene rings is 4. The topological polar surface area (TPSA) is 75.7 Å². The SMILES string of the molecule is COc1ccc(C(=O)[C@H]2[C@@H](C(=O)c3ccccc3)N3C=Cc4ccccc4[C@@H]3[C@]23C(=O)Nc2ccccc23)cc1F. The summed E-state index contributed by atoms with van der Waals surface area (Å²) in [5.74, 6) is -3.02. The monoisotopic (exact) mass is 544 g/mol. The van der Waals surface area contributed by atoms with Gasteiger partial charge >= 0.3 is 0 Å². The fraction of sp³-hybridized carbons (Fsp3) is 0.147. The lowest BCUT2D eigenvalue weighted by Crippen LogP contribution is -2.49. The Bertz CT molecular complexity index is 1770. The van der Waals surface area contributed by atoms with Crippen LogP contribution in [0.5, 0.6) is 5.75 Å². The molecule has 1 saturated heterocycles. The fourth-order valence-corrected chi connectivity index (χ4v) is 6.94. The van der Waals surface area contributed by atoms with Crippen molar-refractivity contribution in [1.82, 2.24) is 4.90 Å². The van der Waals surface area contributed by atoms with E-state index in [2.05, 4.69) is 5.32 Å². The molecule has 3 aliphatic rings. The second-order valence-corrected chi connectivity index (χ2v) is 10.5. The maximum atomic E-state index is 15.0. The molecule has 7 heteroatoms. The minimum Gasteiger partial charge on any atom is -0.494 e. The number of nitrogens with zero attached hydrogens (tertiary/aromatic N) is 1. The average Bonchev–Trinajstić information content (AvgIpc) is 3.49. The van der Waals surface area contributed by atoms with Gasteiger partial charge in [0.15, 0.2) is 23.1 Å². The standard InChI is InChI=1S/C34H25FN2O4/c1-41-27-16-15-22(19-25(27)35)30(38)28-29(31(39)21-10-3-2-4-11-21)37-18-17-20-9-5-6-12-23(20)32(37)34(28)24-13-7-8-14-26(24)36-33(34)40/h2-19,28-29,32H,1H3,(H,36,40)/t28-,29+,32-,34-/m1/s1. The summed E-state index contributed by atoms with van der Waals surface area (Å²) in [6.07, 6.45) is 3.72. The maximum absolute atomic E-state index is 15.0. The second kappa shape index (κ2) is 9.27. The molecule has 6 nitrogen and oxygen atoms in total. The van der Waals surface area contributed by atoms with Crippen molar-refractivity contribution in [3.05, 3.63) is 137 Å². The smallest absolute Gasteiger partial charge is 0.238 e. The number of anilines is 1. The summed E-state index contributed by atoms with van der Waals surface area (Å²) in [4.78, 5) is 45.4. The van der Waals surface area contributed by atoms with E-state index in [0.29, 0.717) is 16.8 Å². The summed E-state index contributed by atoms with van der Waals surface area (Å²) in [5.41, 5.74) is 1.99. The van der Waals surface area contributed by atoms with Crippen molar-refractivity contribution < 1.29 is 23.5 Å². The number of carbonyl (C=O) groups excluding carboxylic acids is 3. The molecule has 7 rings (SSSR count). The van der Waals surface area contributed by atoms with Gasteiger partial charge in [0.05, 0.1) is 19.1 Å². The highest BCUT2D eigenvalue weighted by Crippen LogP contribution is 2.62. The van der Waals surface area contributed by atoms with Crippen molar-refractivity contribution in [1.29, 1.82) is 0 Å². The summed E-state index contributed by atoms with van der Waals surface area (Å²) in [6.45, 7) is 0. The van der Waals surface area contributed by atoms with Gasteiger partial charge in [0.25, 0.3) is 0 Å². The molecule has 0 radical (unpaired) electrons. The van der Waals surface area contributed by atoms with Crippen LogP contribution < -0.4 is 10.1 Å². The van der Waals surface area contributed by atoms with Crippen LogP contribution in [0.3, 0.4) is 0 Å². The number of nitrogens with one attached hydrogen (secondary N) is 1. The molecule has 4 aromatic carbocycles. The van der Waals surface area contributed by atoms with Crippen LogP contribution in [-0.2, 0) is 10.2 Å². The van der Waals surface area contributed by atoms with Crippen LogP contribution in [-0.4, -0.2) is 35.5 Å². The minimum absolute atomic E-state index is 0.00201. The Morgan fingerprint density at radius 3 is 2.39 bits per heavy atom. The zero-order chi connectivity index (χ0) is 28.3. The number of para-hydroxylation sites is 1. The van der Waals surface area contributed by atoms with Gasteiger partial charge in [-0.15, -0.1) is 0 Å². The van der Waals surface area contributed by atoms with Gasteiger partial charge in [0.2, 0.25) is 5.91 Å². The van der Waals surface area contributed by atoms with Gasteiger partial charge in [-0.05, 0) is 47.0 Å². The normalized spacial score (nSPS) is 23.5. The molecular formula is C34H25FN2O4. The number of Topliss-reactive ketones (excluding diaryl/α,β-unsaturated/α-hetero) is 2. The largest absolute Gasteiger partial charge is 0.494 e. The van der Waals surface area contributed by atoms with Crippen LogP contribution in [0.25, 0.3) is 6.08 Å². The van der Waals surface area contributed by atoms with Gasteiger partial charge in [0, 0.05) is 23.0 Å². The third kappa shape index (κ3) is 3.45. The van der Waals surface area contributed by atoms with Crippen LogP contribution >= 0.6 is 0 Å². The molecule has 1 fully saturated rings. The number of ether oxygens (including phenoxy) is 1. The van der Waals surface area contributed by atoms with E-state index in [1.165, 1.54) is 19.2 Å². The van der Waals surface area contributed by atoms with E-state index in [4.69, 9.17) is 4.74 Å². The van der Waals surface area contributed by atoms with Crippen molar-refractivity contribution in [3.63, 3.8) is 0 Å². The zero-order valence-corrected chi connectivity index (χ0v) is 22.1. The molecule has 41 heavy (non-hydrogen) atoms. The number of ketones is 2. The number of halogens is 1. The summed E-state index contributed by atoms with van der Waals surface area (Å²) < 4.78 is 20.0. The molecule has 1 amide bonds. The number of carbonyl (C=O) groups is 3. The van der Waals surface area contributed by atoms with E-state index in [9.17, 15) is 18.8 Å². The third-order valence-electron chi connectivity index (χ3n) is 8.62. The van der Waals surface area contributed by atoms with Crippen molar-refractivity contribution in [2.45, 2.75) is 17.5 Å². The van der Waals surface area contributed by atoms with E-state index in [-0.39, 0.29) is 23.0 Å². The lowest BCUT2D eigenvalue weighted by molar-refractivity contribution is -0.122. The number of hydrogen-bond acceptors (Lipinski definition) is 5. The van der Waals surface area contributed by atoms with Crippen molar-refractivity contribution >= 4 is 29.2 Å². The fourth-order valence-electron chi connectivity index (χ4n) is 6.94. The molecule has 0 unspecified atom stereocenters.